The van der Waals surface area contributed by atoms with Gasteiger partial charge < -0.3 is 10.2 Å². The summed E-state index contributed by atoms with van der Waals surface area (Å²) < 4.78 is 0. The van der Waals surface area contributed by atoms with Crippen molar-refractivity contribution in [2.45, 2.75) is 53.1 Å². The molecule has 1 saturated heterocycles. The molecule has 1 aliphatic heterocycles. The van der Waals surface area contributed by atoms with Gasteiger partial charge in [-0.2, -0.15) is 0 Å². The van der Waals surface area contributed by atoms with Crippen molar-refractivity contribution in [3.05, 3.63) is 23.9 Å². The van der Waals surface area contributed by atoms with Gasteiger partial charge in [0.05, 0.1) is 0 Å². The predicted octanol–water partition coefficient (Wildman–Crippen LogP) is 3.21. The molecule has 0 saturated carbocycles. The molecule has 1 aromatic rings. The highest BCUT2D eigenvalue weighted by molar-refractivity contribution is 5.39. The number of anilines is 1. The average molecular weight is 261 g/mol. The van der Waals surface area contributed by atoms with Gasteiger partial charge in [0.15, 0.2) is 0 Å². The maximum absolute atomic E-state index is 4.61. The molecule has 1 aliphatic rings. The Kier molecular flexibility index (Phi) is 4.46. The van der Waals surface area contributed by atoms with E-state index < -0.39 is 0 Å². The molecule has 0 aliphatic carbocycles. The molecule has 0 unspecified atom stereocenters. The van der Waals surface area contributed by atoms with Crippen LogP contribution in [-0.2, 0) is 6.54 Å². The van der Waals surface area contributed by atoms with Crippen molar-refractivity contribution in [1.82, 2.24) is 10.3 Å². The number of aromatic nitrogens is 1. The lowest BCUT2D eigenvalue weighted by atomic mass is 9.83. The number of piperidine rings is 1. The fourth-order valence-corrected chi connectivity index (χ4v) is 2.37. The molecule has 3 nitrogen and oxygen atoms in total. The second-order valence-corrected chi connectivity index (χ2v) is 6.71. The Labute approximate surface area is 117 Å². The lowest BCUT2D eigenvalue weighted by Gasteiger charge is -2.37. The van der Waals surface area contributed by atoms with E-state index in [1.807, 2.05) is 6.20 Å². The second kappa shape index (κ2) is 5.91. The maximum Gasteiger partial charge on any atom is 0.128 e. The second-order valence-electron chi connectivity index (χ2n) is 6.71. The summed E-state index contributed by atoms with van der Waals surface area (Å²) in [7, 11) is 0. The van der Waals surface area contributed by atoms with E-state index in [1.165, 1.54) is 18.4 Å². The van der Waals surface area contributed by atoms with Crippen LogP contribution in [0.2, 0.25) is 0 Å². The largest absolute Gasteiger partial charge is 0.357 e. The molecule has 3 heteroatoms. The summed E-state index contributed by atoms with van der Waals surface area (Å²) in [5.74, 6) is 1.13. The summed E-state index contributed by atoms with van der Waals surface area (Å²) >= 11 is 0. The van der Waals surface area contributed by atoms with E-state index in [0.717, 1.165) is 25.5 Å². The van der Waals surface area contributed by atoms with Crippen LogP contribution in [0.15, 0.2) is 18.3 Å². The molecule has 1 aromatic heterocycles. The summed E-state index contributed by atoms with van der Waals surface area (Å²) in [6.07, 6.45) is 4.52. The Morgan fingerprint density at radius 3 is 2.47 bits per heavy atom. The zero-order valence-corrected chi connectivity index (χ0v) is 12.7. The van der Waals surface area contributed by atoms with Gasteiger partial charge in [0.1, 0.15) is 5.82 Å². The summed E-state index contributed by atoms with van der Waals surface area (Å²) in [5, 5.41) is 3.42. The van der Waals surface area contributed by atoms with E-state index in [0.29, 0.717) is 11.5 Å². The zero-order chi connectivity index (χ0) is 13.9. The Bertz CT molecular complexity index is 385. The fourth-order valence-electron chi connectivity index (χ4n) is 2.37. The fraction of sp³-hybridized carbons (Fsp3) is 0.688. The van der Waals surface area contributed by atoms with Crippen molar-refractivity contribution in [2.24, 2.45) is 5.41 Å². The zero-order valence-electron chi connectivity index (χ0n) is 12.7. The van der Waals surface area contributed by atoms with E-state index in [9.17, 15) is 0 Å². The van der Waals surface area contributed by atoms with Crippen molar-refractivity contribution in [3.8, 4) is 0 Å². The minimum Gasteiger partial charge on any atom is -0.357 e. The van der Waals surface area contributed by atoms with Gasteiger partial charge in [0.2, 0.25) is 0 Å². The van der Waals surface area contributed by atoms with E-state index >= 15 is 0 Å². The lowest BCUT2D eigenvalue weighted by molar-refractivity contribution is 0.279. The van der Waals surface area contributed by atoms with Gasteiger partial charge in [0, 0.05) is 31.9 Å². The van der Waals surface area contributed by atoms with Crippen LogP contribution in [0.5, 0.6) is 0 Å². The summed E-state index contributed by atoms with van der Waals surface area (Å²) in [6, 6.07) is 4.87. The first-order chi connectivity index (χ1) is 8.96. The van der Waals surface area contributed by atoms with Crippen molar-refractivity contribution in [1.29, 1.82) is 0 Å². The Morgan fingerprint density at radius 2 is 1.95 bits per heavy atom. The predicted molar refractivity (Wildman–Crippen MR) is 81.4 cm³/mol. The first-order valence-electron chi connectivity index (χ1n) is 7.39. The van der Waals surface area contributed by atoms with Crippen LogP contribution in [0, 0.1) is 5.41 Å². The Hall–Kier alpha value is -1.09. The Balaban J connectivity index is 1.92. The standard InChI is InChI=1S/C16H27N3/c1-13(2)17-11-14-5-6-15(18-12-14)19-9-7-16(3,4)8-10-19/h5-6,12-13,17H,7-11H2,1-4H3. The molecule has 0 spiro atoms. The first kappa shape index (κ1) is 14.3. The third-order valence-electron chi connectivity index (χ3n) is 3.96. The molecule has 2 heterocycles. The molecule has 0 bridgehead atoms. The van der Waals surface area contributed by atoms with Crippen LogP contribution in [0.1, 0.15) is 46.1 Å². The van der Waals surface area contributed by atoms with Crippen LogP contribution < -0.4 is 10.2 Å². The van der Waals surface area contributed by atoms with Crippen molar-refractivity contribution < 1.29 is 0 Å². The van der Waals surface area contributed by atoms with Crippen LogP contribution >= 0.6 is 0 Å². The number of pyridine rings is 1. The van der Waals surface area contributed by atoms with Gasteiger partial charge in [-0.25, -0.2) is 4.98 Å². The molecule has 1 fully saturated rings. The SMILES string of the molecule is CC(C)NCc1ccc(N2CCC(C)(C)CC2)nc1. The molecule has 2 rings (SSSR count). The highest BCUT2D eigenvalue weighted by atomic mass is 15.2. The smallest absolute Gasteiger partial charge is 0.128 e. The van der Waals surface area contributed by atoms with Gasteiger partial charge >= 0.3 is 0 Å². The quantitative estimate of drug-likeness (QED) is 0.902. The van der Waals surface area contributed by atoms with Crippen molar-refractivity contribution in [2.75, 3.05) is 18.0 Å². The van der Waals surface area contributed by atoms with Gasteiger partial charge in [-0.1, -0.05) is 33.8 Å². The number of rotatable bonds is 4. The number of hydrogen-bond acceptors (Lipinski definition) is 3. The molecule has 19 heavy (non-hydrogen) atoms. The van der Waals surface area contributed by atoms with Crippen LogP contribution in [0.4, 0.5) is 5.82 Å². The number of nitrogens with zero attached hydrogens (tertiary/aromatic N) is 2. The van der Waals surface area contributed by atoms with E-state index in [4.69, 9.17) is 0 Å². The van der Waals surface area contributed by atoms with Gasteiger partial charge in [-0.3, -0.25) is 0 Å². The molecule has 0 radical (unpaired) electrons. The third kappa shape index (κ3) is 4.20. The van der Waals surface area contributed by atoms with E-state index in [-0.39, 0.29) is 0 Å². The third-order valence-corrected chi connectivity index (χ3v) is 3.96. The molecule has 106 valence electrons. The minimum atomic E-state index is 0.498. The Morgan fingerprint density at radius 1 is 1.26 bits per heavy atom. The first-order valence-corrected chi connectivity index (χ1v) is 7.39. The monoisotopic (exact) mass is 261 g/mol. The highest BCUT2D eigenvalue weighted by Gasteiger charge is 2.25. The molecular weight excluding hydrogens is 234 g/mol. The van der Waals surface area contributed by atoms with E-state index in [2.05, 4.69) is 55.0 Å². The van der Waals surface area contributed by atoms with Crippen molar-refractivity contribution >= 4 is 5.82 Å². The molecular formula is C16H27N3. The molecule has 1 N–H and O–H groups in total. The van der Waals surface area contributed by atoms with Gasteiger partial charge in [-0.15, -0.1) is 0 Å². The van der Waals surface area contributed by atoms with Gasteiger partial charge in [0.25, 0.3) is 0 Å². The van der Waals surface area contributed by atoms with Gasteiger partial charge in [-0.05, 0) is 29.9 Å². The normalized spacial score (nSPS) is 18.9. The average Bonchev–Trinajstić information content (AvgIpc) is 2.37. The molecule has 0 atom stereocenters. The van der Waals surface area contributed by atoms with Crippen LogP contribution in [-0.4, -0.2) is 24.1 Å². The molecule has 0 amide bonds. The van der Waals surface area contributed by atoms with Crippen LogP contribution in [0.25, 0.3) is 0 Å². The summed E-state index contributed by atoms with van der Waals surface area (Å²) in [4.78, 5) is 7.02. The summed E-state index contributed by atoms with van der Waals surface area (Å²) in [5.41, 5.74) is 1.76. The molecule has 0 aromatic carbocycles. The number of nitrogens with one attached hydrogen (secondary N) is 1. The van der Waals surface area contributed by atoms with E-state index in [1.54, 1.807) is 0 Å². The lowest BCUT2D eigenvalue weighted by Crippen LogP contribution is -2.37. The minimum absolute atomic E-state index is 0.498. The van der Waals surface area contributed by atoms with Crippen molar-refractivity contribution in [3.63, 3.8) is 0 Å². The number of hydrogen-bond donors (Lipinski definition) is 1. The maximum atomic E-state index is 4.61. The van der Waals surface area contributed by atoms with Crippen LogP contribution in [0.3, 0.4) is 0 Å². The highest BCUT2D eigenvalue weighted by Crippen LogP contribution is 2.31. The topological polar surface area (TPSA) is 28.2 Å². The summed E-state index contributed by atoms with van der Waals surface area (Å²) in [6.45, 7) is 12.2.